The molecule has 0 N–H and O–H groups in total. The van der Waals surface area contributed by atoms with E-state index < -0.39 is 0 Å². The number of anilines is 1. The maximum Gasteiger partial charge on any atom is 0.282 e. The summed E-state index contributed by atoms with van der Waals surface area (Å²) >= 11 is 0. The van der Waals surface area contributed by atoms with Crippen molar-refractivity contribution in [2.75, 3.05) is 39.3 Å². The molecule has 2 amide bonds. The highest BCUT2D eigenvalue weighted by Crippen LogP contribution is 2.39. The number of carbonyl (C=O) groups is 2. The zero-order chi connectivity index (χ0) is 21.3. The molecule has 0 saturated carbocycles. The second-order valence-corrected chi connectivity index (χ2v) is 7.13. The summed E-state index contributed by atoms with van der Waals surface area (Å²) in [5.41, 5.74) is 1.92. The van der Waals surface area contributed by atoms with Crippen LogP contribution in [-0.2, 0) is 9.59 Å². The molecular weight excluding hydrogens is 384 g/mol. The van der Waals surface area contributed by atoms with Crippen LogP contribution in [0, 0.1) is 0 Å². The molecule has 1 fully saturated rings. The molecule has 2 aliphatic heterocycles. The van der Waals surface area contributed by atoms with Gasteiger partial charge in [-0.3, -0.25) is 9.59 Å². The standard InChI is InChI=1S/C23H24N2O5/c1-28-17-8-6-7-16(14-17)25-22(26)20(21(23(25)27)24-11-4-5-12-24)15-9-10-18(29-2)19(13-15)30-3/h6-10,13-14H,4-5,11-12H2,1-3H3. The smallest absolute Gasteiger partial charge is 0.282 e. The van der Waals surface area contributed by atoms with Gasteiger partial charge in [0, 0.05) is 19.2 Å². The van der Waals surface area contributed by atoms with Gasteiger partial charge in [-0.15, -0.1) is 0 Å². The number of likely N-dealkylation sites (tertiary alicyclic amines) is 1. The number of hydrogen-bond acceptors (Lipinski definition) is 6. The first-order valence-corrected chi connectivity index (χ1v) is 9.83. The van der Waals surface area contributed by atoms with Crippen LogP contribution in [0.3, 0.4) is 0 Å². The summed E-state index contributed by atoms with van der Waals surface area (Å²) in [4.78, 5) is 30.2. The highest BCUT2D eigenvalue weighted by atomic mass is 16.5. The predicted molar refractivity (Wildman–Crippen MR) is 113 cm³/mol. The minimum absolute atomic E-state index is 0.320. The summed E-state index contributed by atoms with van der Waals surface area (Å²) in [5, 5.41) is 0. The van der Waals surface area contributed by atoms with Crippen molar-refractivity contribution < 1.29 is 23.8 Å². The maximum absolute atomic E-state index is 13.5. The number of amides is 2. The number of rotatable bonds is 6. The first-order valence-electron chi connectivity index (χ1n) is 9.83. The number of nitrogens with zero attached hydrogens (tertiary/aromatic N) is 2. The Hall–Kier alpha value is -3.48. The second-order valence-electron chi connectivity index (χ2n) is 7.13. The number of ether oxygens (including phenoxy) is 3. The molecule has 0 aromatic heterocycles. The van der Waals surface area contributed by atoms with Gasteiger partial charge in [-0.05, 0) is 42.7 Å². The van der Waals surface area contributed by atoms with Gasteiger partial charge in [-0.1, -0.05) is 12.1 Å². The molecule has 0 spiro atoms. The van der Waals surface area contributed by atoms with Gasteiger partial charge >= 0.3 is 0 Å². The topological polar surface area (TPSA) is 68.3 Å². The highest BCUT2D eigenvalue weighted by Gasteiger charge is 2.43. The predicted octanol–water partition coefficient (Wildman–Crippen LogP) is 3.09. The Labute approximate surface area is 175 Å². The Kier molecular flexibility index (Phi) is 5.35. The molecule has 0 radical (unpaired) electrons. The molecule has 7 heteroatoms. The maximum atomic E-state index is 13.5. The molecule has 156 valence electrons. The average molecular weight is 408 g/mol. The number of benzene rings is 2. The highest BCUT2D eigenvalue weighted by molar-refractivity contribution is 6.45. The molecule has 2 aromatic rings. The Morgan fingerprint density at radius 1 is 0.800 bits per heavy atom. The molecule has 0 unspecified atom stereocenters. The van der Waals surface area contributed by atoms with Crippen LogP contribution in [0.15, 0.2) is 48.2 Å². The fraction of sp³-hybridized carbons (Fsp3) is 0.304. The van der Waals surface area contributed by atoms with Crippen molar-refractivity contribution in [3.8, 4) is 17.2 Å². The number of carbonyl (C=O) groups excluding carboxylic acids is 2. The van der Waals surface area contributed by atoms with E-state index >= 15 is 0 Å². The van der Waals surface area contributed by atoms with Gasteiger partial charge in [-0.2, -0.15) is 0 Å². The van der Waals surface area contributed by atoms with Crippen molar-refractivity contribution in [1.29, 1.82) is 0 Å². The molecule has 0 bridgehead atoms. The van der Waals surface area contributed by atoms with E-state index in [9.17, 15) is 9.59 Å². The molecule has 2 aliphatic rings. The van der Waals surface area contributed by atoms with Gasteiger partial charge in [0.1, 0.15) is 11.4 Å². The van der Waals surface area contributed by atoms with E-state index in [0.29, 0.717) is 39.8 Å². The lowest BCUT2D eigenvalue weighted by atomic mass is 10.0. The third kappa shape index (κ3) is 3.26. The lowest BCUT2D eigenvalue weighted by molar-refractivity contribution is -0.120. The number of hydrogen-bond donors (Lipinski definition) is 0. The van der Waals surface area contributed by atoms with Crippen molar-refractivity contribution in [2.24, 2.45) is 0 Å². The molecule has 4 rings (SSSR count). The van der Waals surface area contributed by atoms with Crippen LogP contribution in [0.4, 0.5) is 5.69 Å². The Bertz CT molecular complexity index is 1020. The number of imide groups is 1. The monoisotopic (exact) mass is 408 g/mol. The fourth-order valence-electron chi connectivity index (χ4n) is 3.99. The zero-order valence-electron chi connectivity index (χ0n) is 17.3. The summed E-state index contributed by atoms with van der Waals surface area (Å²) in [6.07, 6.45) is 1.98. The van der Waals surface area contributed by atoms with E-state index in [4.69, 9.17) is 14.2 Å². The van der Waals surface area contributed by atoms with Gasteiger partial charge in [0.25, 0.3) is 11.8 Å². The van der Waals surface area contributed by atoms with E-state index in [1.807, 2.05) is 4.90 Å². The summed E-state index contributed by atoms with van der Waals surface area (Å²) in [6.45, 7) is 1.49. The van der Waals surface area contributed by atoms with Crippen molar-refractivity contribution in [1.82, 2.24) is 4.90 Å². The van der Waals surface area contributed by atoms with Gasteiger partial charge in [0.05, 0.1) is 32.6 Å². The lowest BCUT2D eigenvalue weighted by Crippen LogP contribution is -2.34. The van der Waals surface area contributed by atoms with E-state index in [-0.39, 0.29) is 11.8 Å². The summed E-state index contributed by atoms with van der Waals surface area (Å²) < 4.78 is 16.0. The van der Waals surface area contributed by atoms with Crippen LogP contribution in [0.1, 0.15) is 18.4 Å². The van der Waals surface area contributed by atoms with Crippen LogP contribution in [0.25, 0.3) is 5.57 Å². The summed E-state index contributed by atoms with van der Waals surface area (Å²) in [5.74, 6) is 0.965. The Balaban J connectivity index is 1.84. The minimum atomic E-state index is -0.359. The number of methoxy groups -OCH3 is 3. The second kappa shape index (κ2) is 8.10. The molecule has 7 nitrogen and oxygen atoms in total. The van der Waals surface area contributed by atoms with Crippen LogP contribution >= 0.6 is 0 Å². The van der Waals surface area contributed by atoms with Crippen LogP contribution < -0.4 is 19.1 Å². The Morgan fingerprint density at radius 3 is 2.20 bits per heavy atom. The molecule has 1 saturated heterocycles. The first kappa shape index (κ1) is 19.8. The van der Waals surface area contributed by atoms with Gasteiger partial charge in [0.15, 0.2) is 11.5 Å². The summed E-state index contributed by atoms with van der Waals surface area (Å²) in [7, 11) is 4.65. The molecule has 0 aliphatic carbocycles. The molecule has 2 heterocycles. The third-order valence-electron chi connectivity index (χ3n) is 5.47. The van der Waals surface area contributed by atoms with E-state index in [0.717, 1.165) is 25.9 Å². The van der Waals surface area contributed by atoms with Gasteiger partial charge in [-0.25, -0.2) is 4.90 Å². The normalized spacial score (nSPS) is 16.5. The zero-order valence-corrected chi connectivity index (χ0v) is 17.3. The Morgan fingerprint density at radius 2 is 1.53 bits per heavy atom. The third-order valence-corrected chi connectivity index (χ3v) is 5.47. The van der Waals surface area contributed by atoms with E-state index in [1.54, 1.807) is 63.8 Å². The van der Waals surface area contributed by atoms with Crippen molar-refractivity contribution in [3.05, 3.63) is 53.7 Å². The van der Waals surface area contributed by atoms with E-state index in [2.05, 4.69) is 0 Å². The fourth-order valence-corrected chi connectivity index (χ4v) is 3.99. The quantitative estimate of drug-likeness (QED) is 0.685. The summed E-state index contributed by atoms with van der Waals surface area (Å²) in [6, 6.07) is 12.2. The van der Waals surface area contributed by atoms with Crippen LogP contribution in [0.5, 0.6) is 17.2 Å². The van der Waals surface area contributed by atoms with Crippen molar-refractivity contribution in [3.63, 3.8) is 0 Å². The largest absolute Gasteiger partial charge is 0.497 e. The minimum Gasteiger partial charge on any atom is -0.497 e. The SMILES string of the molecule is COc1cccc(N2C(=O)C(c3ccc(OC)c(OC)c3)=C(N3CCCC3)C2=O)c1. The van der Waals surface area contributed by atoms with E-state index in [1.165, 1.54) is 4.90 Å². The lowest BCUT2D eigenvalue weighted by Gasteiger charge is -2.20. The van der Waals surface area contributed by atoms with Crippen molar-refractivity contribution >= 4 is 23.1 Å². The van der Waals surface area contributed by atoms with Crippen LogP contribution in [-0.4, -0.2) is 51.1 Å². The molecule has 30 heavy (non-hydrogen) atoms. The van der Waals surface area contributed by atoms with Gasteiger partial charge in [0.2, 0.25) is 0 Å². The average Bonchev–Trinajstić information content (AvgIpc) is 3.39. The molecule has 2 aromatic carbocycles. The first-order chi connectivity index (χ1) is 14.6. The van der Waals surface area contributed by atoms with Crippen LogP contribution in [0.2, 0.25) is 0 Å². The molecule has 0 atom stereocenters. The van der Waals surface area contributed by atoms with Gasteiger partial charge < -0.3 is 19.1 Å². The molecular formula is C23H24N2O5. The van der Waals surface area contributed by atoms with Crippen molar-refractivity contribution in [2.45, 2.75) is 12.8 Å².